The summed E-state index contributed by atoms with van der Waals surface area (Å²) in [4.78, 5) is 25.8. The highest BCUT2D eigenvalue weighted by Crippen LogP contribution is 2.32. The van der Waals surface area contributed by atoms with Crippen LogP contribution in [0.25, 0.3) is 0 Å². The van der Waals surface area contributed by atoms with Crippen LogP contribution in [0.2, 0.25) is 0 Å². The van der Waals surface area contributed by atoms with E-state index in [4.69, 9.17) is 9.47 Å². The first-order valence-corrected chi connectivity index (χ1v) is 6.54. The zero-order chi connectivity index (χ0) is 13.8. The van der Waals surface area contributed by atoms with Crippen LogP contribution < -0.4 is 0 Å². The molecule has 18 heavy (non-hydrogen) atoms. The molecule has 1 saturated heterocycles. The lowest BCUT2D eigenvalue weighted by molar-refractivity contribution is -0.197. The molecule has 1 amide bonds. The first kappa shape index (κ1) is 15.0. The highest BCUT2D eigenvalue weighted by Gasteiger charge is 2.51. The number of ether oxygens (including phenoxy) is 2. The molecule has 0 aliphatic carbocycles. The van der Waals surface area contributed by atoms with E-state index in [1.54, 1.807) is 13.8 Å². The van der Waals surface area contributed by atoms with E-state index in [1.807, 2.05) is 6.92 Å². The number of nitrogens with zero attached hydrogens (tertiary/aromatic N) is 1. The zero-order valence-electron chi connectivity index (χ0n) is 11.7. The Bertz CT molecular complexity index is 316. The lowest BCUT2D eigenvalue weighted by Gasteiger charge is -2.35. The van der Waals surface area contributed by atoms with Crippen molar-refractivity contribution >= 4 is 11.9 Å². The number of hydrogen-bond acceptors (Lipinski definition) is 4. The van der Waals surface area contributed by atoms with Gasteiger partial charge in [-0.25, -0.2) is 4.79 Å². The number of carbonyl (C=O) groups is 2. The van der Waals surface area contributed by atoms with E-state index in [-0.39, 0.29) is 12.0 Å². The standard InChI is InChI=1S/C13H23NO4/c1-5-7-11(15)14-9-6-8-13(14,17-4)12(16)18-10(2)3/h10H,5-9H2,1-4H3/t13-/m1/s1. The Morgan fingerprint density at radius 3 is 2.56 bits per heavy atom. The predicted octanol–water partition coefficient (Wildman–Crippen LogP) is 1.70. The average molecular weight is 257 g/mol. The van der Waals surface area contributed by atoms with Gasteiger partial charge in [-0.2, -0.15) is 0 Å². The van der Waals surface area contributed by atoms with Crippen molar-refractivity contribution in [2.45, 2.75) is 58.3 Å². The van der Waals surface area contributed by atoms with Gasteiger partial charge in [0.1, 0.15) is 0 Å². The topological polar surface area (TPSA) is 55.8 Å². The van der Waals surface area contributed by atoms with Crippen molar-refractivity contribution < 1.29 is 19.1 Å². The SMILES string of the molecule is CCCC(=O)N1CCC[C@@]1(OC)C(=O)OC(C)C. The van der Waals surface area contributed by atoms with E-state index < -0.39 is 11.7 Å². The van der Waals surface area contributed by atoms with E-state index in [9.17, 15) is 9.59 Å². The van der Waals surface area contributed by atoms with E-state index >= 15 is 0 Å². The van der Waals surface area contributed by atoms with Gasteiger partial charge in [-0.05, 0) is 26.7 Å². The number of hydrogen-bond donors (Lipinski definition) is 0. The molecule has 0 spiro atoms. The monoisotopic (exact) mass is 257 g/mol. The molecular weight excluding hydrogens is 234 g/mol. The quantitative estimate of drug-likeness (QED) is 0.703. The second-order valence-electron chi connectivity index (χ2n) is 4.84. The Morgan fingerprint density at radius 1 is 1.39 bits per heavy atom. The minimum absolute atomic E-state index is 0.0439. The van der Waals surface area contributed by atoms with Crippen molar-refractivity contribution in [3.63, 3.8) is 0 Å². The van der Waals surface area contributed by atoms with E-state index in [1.165, 1.54) is 12.0 Å². The van der Waals surface area contributed by atoms with Gasteiger partial charge < -0.3 is 14.4 Å². The van der Waals surface area contributed by atoms with Crippen molar-refractivity contribution in [3.8, 4) is 0 Å². The Morgan fingerprint density at radius 2 is 2.06 bits per heavy atom. The minimum Gasteiger partial charge on any atom is -0.459 e. The van der Waals surface area contributed by atoms with Crippen LogP contribution in [0, 0.1) is 0 Å². The van der Waals surface area contributed by atoms with Gasteiger partial charge in [0, 0.05) is 26.5 Å². The molecule has 0 bridgehead atoms. The van der Waals surface area contributed by atoms with Gasteiger partial charge in [-0.3, -0.25) is 4.79 Å². The second-order valence-corrected chi connectivity index (χ2v) is 4.84. The van der Waals surface area contributed by atoms with Crippen LogP contribution in [-0.4, -0.2) is 42.3 Å². The van der Waals surface area contributed by atoms with Gasteiger partial charge in [0.2, 0.25) is 11.6 Å². The summed E-state index contributed by atoms with van der Waals surface area (Å²) in [7, 11) is 1.46. The molecule has 1 fully saturated rings. The number of likely N-dealkylation sites (tertiary alicyclic amines) is 1. The summed E-state index contributed by atoms with van der Waals surface area (Å²) in [5.41, 5.74) is -1.21. The predicted molar refractivity (Wildman–Crippen MR) is 66.8 cm³/mol. The molecule has 0 radical (unpaired) electrons. The van der Waals surface area contributed by atoms with Crippen molar-refractivity contribution in [1.29, 1.82) is 0 Å². The van der Waals surface area contributed by atoms with Crippen LogP contribution in [0.4, 0.5) is 0 Å². The van der Waals surface area contributed by atoms with Crippen molar-refractivity contribution in [2.24, 2.45) is 0 Å². The van der Waals surface area contributed by atoms with Crippen LogP contribution in [-0.2, 0) is 19.1 Å². The first-order chi connectivity index (χ1) is 8.47. The fourth-order valence-electron chi connectivity index (χ4n) is 2.28. The molecule has 0 saturated carbocycles. The molecule has 104 valence electrons. The summed E-state index contributed by atoms with van der Waals surface area (Å²) in [5.74, 6) is -0.500. The molecular formula is C13H23NO4. The molecule has 1 aliphatic rings. The number of amides is 1. The summed E-state index contributed by atoms with van der Waals surface area (Å²) in [6.07, 6.45) is 2.24. The maximum atomic E-state index is 12.2. The third-order valence-electron chi connectivity index (χ3n) is 3.10. The number of methoxy groups -OCH3 is 1. The second kappa shape index (κ2) is 6.18. The van der Waals surface area contributed by atoms with Crippen LogP contribution in [0.5, 0.6) is 0 Å². The number of carbonyl (C=O) groups excluding carboxylic acids is 2. The molecule has 1 aliphatic heterocycles. The lowest BCUT2D eigenvalue weighted by Crippen LogP contribution is -2.55. The van der Waals surface area contributed by atoms with Gasteiger partial charge in [0.25, 0.3) is 0 Å². The molecule has 0 unspecified atom stereocenters. The van der Waals surface area contributed by atoms with Crippen LogP contribution in [0.15, 0.2) is 0 Å². The smallest absolute Gasteiger partial charge is 0.360 e. The molecule has 0 aromatic heterocycles. The van der Waals surface area contributed by atoms with Crippen molar-refractivity contribution in [1.82, 2.24) is 4.90 Å². The Labute approximate surface area is 108 Å². The molecule has 5 heteroatoms. The number of rotatable bonds is 5. The van der Waals surface area contributed by atoms with Gasteiger partial charge >= 0.3 is 5.97 Å². The number of esters is 1. The fraction of sp³-hybridized carbons (Fsp3) is 0.846. The van der Waals surface area contributed by atoms with E-state index in [2.05, 4.69) is 0 Å². The molecule has 1 atom stereocenters. The van der Waals surface area contributed by atoms with Crippen molar-refractivity contribution in [2.75, 3.05) is 13.7 Å². The molecule has 0 aromatic carbocycles. The van der Waals surface area contributed by atoms with Crippen LogP contribution in [0.1, 0.15) is 46.5 Å². The zero-order valence-corrected chi connectivity index (χ0v) is 11.7. The minimum atomic E-state index is -1.21. The molecule has 0 aromatic rings. The Kier molecular flexibility index (Phi) is 5.14. The molecule has 1 heterocycles. The maximum absolute atomic E-state index is 12.2. The van der Waals surface area contributed by atoms with E-state index in [0.29, 0.717) is 19.4 Å². The average Bonchev–Trinajstić information content (AvgIpc) is 2.73. The molecule has 5 nitrogen and oxygen atoms in total. The first-order valence-electron chi connectivity index (χ1n) is 6.54. The maximum Gasteiger partial charge on any atom is 0.360 e. The summed E-state index contributed by atoms with van der Waals surface area (Å²) in [6, 6.07) is 0. The van der Waals surface area contributed by atoms with E-state index in [0.717, 1.165) is 12.8 Å². The fourth-order valence-corrected chi connectivity index (χ4v) is 2.28. The third kappa shape index (κ3) is 2.83. The highest BCUT2D eigenvalue weighted by atomic mass is 16.6. The molecule has 1 rings (SSSR count). The van der Waals surface area contributed by atoms with Gasteiger partial charge in [-0.1, -0.05) is 6.92 Å². The van der Waals surface area contributed by atoms with Gasteiger partial charge in [0.15, 0.2) is 0 Å². The summed E-state index contributed by atoms with van der Waals surface area (Å²) < 4.78 is 10.6. The van der Waals surface area contributed by atoms with Crippen LogP contribution in [0.3, 0.4) is 0 Å². The van der Waals surface area contributed by atoms with Gasteiger partial charge in [-0.15, -0.1) is 0 Å². The summed E-state index contributed by atoms with van der Waals surface area (Å²) in [6.45, 7) is 6.07. The Hall–Kier alpha value is -1.10. The highest BCUT2D eigenvalue weighted by molar-refractivity contribution is 5.87. The Balaban J connectivity index is 2.90. The normalized spacial score (nSPS) is 23.5. The largest absolute Gasteiger partial charge is 0.459 e. The van der Waals surface area contributed by atoms with Crippen molar-refractivity contribution in [3.05, 3.63) is 0 Å². The van der Waals surface area contributed by atoms with Gasteiger partial charge in [0.05, 0.1) is 6.10 Å². The van der Waals surface area contributed by atoms with Crippen LogP contribution >= 0.6 is 0 Å². The lowest BCUT2D eigenvalue weighted by atomic mass is 10.1. The molecule has 0 N–H and O–H groups in total. The summed E-state index contributed by atoms with van der Waals surface area (Å²) >= 11 is 0. The third-order valence-corrected chi connectivity index (χ3v) is 3.10. The summed E-state index contributed by atoms with van der Waals surface area (Å²) in [5, 5.41) is 0.